The standard InChI is InChI=1S/C11H19N5O2S/c1-4-6-9-13-15-11(16(9)5-2)19-7-10(18)14-12-8(3)17/h4-7H2,1-3H3,(H,12,17)(H,14,18). The summed E-state index contributed by atoms with van der Waals surface area (Å²) in [5, 5.41) is 8.93. The molecule has 0 spiro atoms. The number of nitrogens with zero attached hydrogens (tertiary/aromatic N) is 3. The van der Waals surface area contributed by atoms with Gasteiger partial charge in [0, 0.05) is 19.9 Å². The summed E-state index contributed by atoms with van der Waals surface area (Å²) < 4.78 is 2.00. The van der Waals surface area contributed by atoms with Gasteiger partial charge in [-0.25, -0.2) is 0 Å². The first kappa shape index (κ1) is 15.5. The van der Waals surface area contributed by atoms with Gasteiger partial charge < -0.3 is 4.57 Å². The number of aromatic nitrogens is 3. The molecular formula is C11H19N5O2S. The van der Waals surface area contributed by atoms with Crippen LogP contribution in [0.15, 0.2) is 5.16 Å². The van der Waals surface area contributed by atoms with Crippen LogP contribution in [0.3, 0.4) is 0 Å². The molecular weight excluding hydrogens is 266 g/mol. The summed E-state index contributed by atoms with van der Waals surface area (Å²) in [6.45, 7) is 6.21. The molecule has 1 heterocycles. The molecule has 0 aliphatic carbocycles. The van der Waals surface area contributed by atoms with Gasteiger partial charge in [-0.2, -0.15) is 0 Å². The van der Waals surface area contributed by atoms with Crippen molar-refractivity contribution < 1.29 is 9.59 Å². The van der Waals surface area contributed by atoms with E-state index in [1.54, 1.807) is 0 Å². The second kappa shape index (κ2) is 7.78. The number of hydrogen-bond acceptors (Lipinski definition) is 5. The number of thioether (sulfide) groups is 1. The van der Waals surface area contributed by atoms with E-state index >= 15 is 0 Å². The monoisotopic (exact) mass is 285 g/mol. The minimum atomic E-state index is -0.305. The Morgan fingerprint density at radius 1 is 1.26 bits per heavy atom. The zero-order valence-corrected chi connectivity index (χ0v) is 12.2. The molecule has 19 heavy (non-hydrogen) atoms. The fourth-order valence-electron chi connectivity index (χ4n) is 1.48. The van der Waals surface area contributed by atoms with E-state index in [2.05, 4.69) is 28.0 Å². The molecule has 0 saturated carbocycles. The number of hydrazine groups is 1. The predicted molar refractivity (Wildman–Crippen MR) is 72.4 cm³/mol. The van der Waals surface area contributed by atoms with Crippen LogP contribution in [0.1, 0.15) is 33.0 Å². The van der Waals surface area contributed by atoms with Crippen LogP contribution in [0.2, 0.25) is 0 Å². The van der Waals surface area contributed by atoms with Crippen LogP contribution in [0.4, 0.5) is 0 Å². The van der Waals surface area contributed by atoms with Gasteiger partial charge in [0.15, 0.2) is 5.16 Å². The van der Waals surface area contributed by atoms with Crippen LogP contribution >= 0.6 is 11.8 Å². The topological polar surface area (TPSA) is 88.9 Å². The Hall–Kier alpha value is -1.57. The van der Waals surface area contributed by atoms with Gasteiger partial charge in [0.2, 0.25) is 11.8 Å². The van der Waals surface area contributed by atoms with Crippen LogP contribution in [0.5, 0.6) is 0 Å². The highest BCUT2D eigenvalue weighted by Gasteiger charge is 2.12. The number of nitrogens with one attached hydrogen (secondary N) is 2. The molecule has 2 amide bonds. The van der Waals surface area contributed by atoms with Crippen molar-refractivity contribution in [1.29, 1.82) is 0 Å². The average Bonchev–Trinajstić information content (AvgIpc) is 2.76. The highest BCUT2D eigenvalue weighted by Crippen LogP contribution is 2.17. The number of amides is 2. The molecule has 7 nitrogen and oxygen atoms in total. The highest BCUT2D eigenvalue weighted by atomic mass is 32.2. The van der Waals surface area contributed by atoms with Gasteiger partial charge in [0.05, 0.1) is 5.75 Å². The van der Waals surface area contributed by atoms with Gasteiger partial charge in [-0.1, -0.05) is 18.7 Å². The molecule has 0 fully saturated rings. The second-order valence-electron chi connectivity index (χ2n) is 3.91. The first-order chi connectivity index (χ1) is 9.08. The van der Waals surface area contributed by atoms with Crippen molar-refractivity contribution in [1.82, 2.24) is 25.6 Å². The molecule has 8 heteroatoms. The lowest BCUT2D eigenvalue weighted by atomic mass is 10.3. The normalized spacial score (nSPS) is 10.3. The molecule has 0 unspecified atom stereocenters. The molecule has 0 aromatic carbocycles. The maximum absolute atomic E-state index is 11.4. The number of hydrogen-bond donors (Lipinski definition) is 2. The Morgan fingerprint density at radius 2 is 2.00 bits per heavy atom. The van der Waals surface area contributed by atoms with Crippen molar-refractivity contribution in [2.24, 2.45) is 0 Å². The van der Waals surface area contributed by atoms with Crippen LogP contribution < -0.4 is 10.9 Å². The Bertz CT molecular complexity index is 446. The Morgan fingerprint density at radius 3 is 2.58 bits per heavy atom. The van der Waals surface area contributed by atoms with E-state index < -0.39 is 0 Å². The smallest absolute Gasteiger partial charge is 0.248 e. The molecule has 1 rings (SSSR count). The molecule has 1 aromatic rings. The van der Waals surface area contributed by atoms with E-state index in [-0.39, 0.29) is 17.6 Å². The highest BCUT2D eigenvalue weighted by molar-refractivity contribution is 7.99. The summed E-state index contributed by atoms with van der Waals surface area (Å²) in [5.41, 5.74) is 4.55. The van der Waals surface area contributed by atoms with Gasteiger partial charge in [0.1, 0.15) is 5.82 Å². The van der Waals surface area contributed by atoms with Crippen LogP contribution in [0, 0.1) is 0 Å². The van der Waals surface area contributed by atoms with Crippen molar-refractivity contribution in [2.45, 2.75) is 45.3 Å². The third-order valence-corrected chi connectivity index (χ3v) is 3.26. The lowest BCUT2D eigenvalue weighted by Crippen LogP contribution is -2.41. The quantitative estimate of drug-likeness (QED) is 0.587. The zero-order valence-electron chi connectivity index (χ0n) is 11.4. The van der Waals surface area contributed by atoms with Crippen molar-refractivity contribution in [3.05, 3.63) is 5.82 Å². The molecule has 0 atom stereocenters. The van der Waals surface area contributed by atoms with E-state index in [1.807, 2.05) is 11.5 Å². The minimum absolute atomic E-state index is 0.185. The lowest BCUT2D eigenvalue weighted by molar-refractivity contribution is -0.126. The SMILES string of the molecule is CCCc1nnc(SCC(=O)NNC(C)=O)n1CC. The summed E-state index contributed by atoms with van der Waals surface area (Å²) in [6, 6.07) is 0. The predicted octanol–water partition coefficient (Wildman–Crippen LogP) is 0.510. The molecule has 2 N–H and O–H groups in total. The molecule has 106 valence electrons. The van der Waals surface area contributed by atoms with Gasteiger partial charge >= 0.3 is 0 Å². The molecule has 0 aliphatic rings. The van der Waals surface area contributed by atoms with Gasteiger partial charge in [0.25, 0.3) is 0 Å². The third kappa shape index (κ3) is 4.90. The van der Waals surface area contributed by atoms with Crippen molar-refractivity contribution in [3.63, 3.8) is 0 Å². The largest absolute Gasteiger partial charge is 0.306 e. The molecule has 0 bridgehead atoms. The fourth-order valence-corrected chi connectivity index (χ4v) is 2.30. The van der Waals surface area contributed by atoms with Gasteiger partial charge in [-0.05, 0) is 13.3 Å². The van der Waals surface area contributed by atoms with Crippen molar-refractivity contribution in [3.8, 4) is 0 Å². The van der Waals surface area contributed by atoms with E-state index in [4.69, 9.17) is 0 Å². The van der Waals surface area contributed by atoms with Crippen molar-refractivity contribution in [2.75, 3.05) is 5.75 Å². The number of carbonyl (C=O) groups excluding carboxylic acids is 2. The number of rotatable bonds is 6. The maximum Gasteiger partial charge on any atom is 0.248 e. The van der Waals surface area contributed by atoms with Crippen molar-refractivity contribution >= 4 is 23.6 Å². The third-order valence-electron chi connectivity index (χ3n) is 2.29. The average molecular weight is 285 g/mol. The van der Waals surface area contributed by atoms with Crippen LogP contribution in [-0.2, 0) is 22.6 Å². The Labute approximate surface area is 116 Å². The number of carbonyl (C=O) groups is 2. The summed E-state index contributed by atoms with van der Waals surface area (Å²) in [6.07, 6.45) is 1.88. The first-order valence-electron chi connectivity index (χ1n) is 6.18. The van der Waals surface area contributed by atoms with Crippen LogP contribution in [-0.4, -0.2) is 32.3 Å². The van der Waals surface area contributed by atoms with Crippen LogP contribution in [0.25, 0.3) is 0 Å². The summed E-state index contributed by atoms with van der Waals surface area (Å²) in [7, 11) is 0. The van der Waals surface area contributed by atoms with E-state index in [9.17, 15) is 9.59 Å². The van der Waals surface area contributed by atoms with E-state index in [0.717, 1.165) is 30.4 Å². The minimum Gasteiger partial charge on any atom is -0.306 e. The van der Waals surface area contributed by atoms with Gasteiger partial charge in [-0.15, -0.1) is 10.2 Å². The summed E-state index contributed by atoms with van der Waals surface area (Å²) >= 11 is 1.30. The fraction of sp³-hybridized carbons (Fsp3) is 0.636. The first-order valence-corrected chi connectivity index (χ1v) is 7.17. The Balaban J connectivity index is 2.53. The summed E-state index contributed by atoms with van der Waals surface area (Å²) in [4.78, 5) is 22.1. The zero-order chi connectivity index (χ0) is 14.3. The van der Waals surface area contributed by atoms with E-state index in [0.29, 0.717) is 0 Å². The van der Waals surface area contributed by atoms with E-state index in [1.165, 1.54) is 18.7 Å². The maximum atomic E-state index is 11.4. The molecule has 0 radical (unpaired) electrons. The number of aryl methyl sites for hydroxylation is 1. The second-order valence-corrected chi connectivity index (χ2v) is 4.85. The Kier molecular flexibility index (Phi) is 6.34. The molecule has 0 saturated heterocycles. The summed E-state index contributed by atoms with van der Waals surface area (Å²) in [5.74, 6) is 0.544. The van der Waals surface area contributed by atoms with Gasteiger partial charge in [-0.3, -0.25) is 20.4 Å². The lowest BCUT2D eigenvalue weighted by Gasteiger charge is -2.07. The molecule has 1 aromatic heterocycles. The molecule has 0 aliphatic heterocycles.